The molecule has 128 valence electrons. The molecule has 2 aromatic carbocycles. The molecule has 0 atom stereocenters. The number of nitrogens with one attached hydrogen (secondary N) is 1. The first kappa shape index (κ1) is 16.8. The van der Waals surface area contributed by atoms with Gasteiger partial charge in [0.15, 0.2) is 0 Å². The third-order valence-electron chi connectivity index (χ3n) is 3.90. The number of benzene rings is 2. The molecule has 3 aromatic rings. The molecule has 0 radical (unpaired) electrons. The molecule has 0 saturated carbocycles. The number of methoxy groups -OCH3 is 1. The van der Waals surface area contributed by atoms with Crippen LogP contribution in [-0.4, -0.2) is 18.1 Å². The second-order valence-corrected chi connectivity index (χ2v) is 5.60. The average Bonchev–Trinajstić information content (AvgIpc) is 2.58. The number of esters is 1. The van der Waals surface area contributed by atoms with Crippen LogP contribution in [0.2, 0.25) is 0 Å². The van der Waals surface area contributed by atoms with Crippen LogP contribution < -0.4 is 5.32 Å². The zero-order valence-electron chi connectivity index (χ0n) is 13.8. The Bertz CT molecular complexity index is 958. The van der Waals surface area contributed by atoms with Crippen LogP contribution in [-0.2, 0) is 16.0 Å². The largest absolute Gasteiger partial charge is 0.469 e. The van der Waals surface area contributed by atoms with Gasteiger partial charge in [0.25, 0.3) is 0 Å². The maximum Gasteiger partial charge on any atom is 0.310 e. The Morgan fingerprint density at radius 2 is 1.92 bits per heavy atom. The maximum absolute atomic E-state index is 13.8. The molecule has 1 N–H and O–H groups in total. The van der Waals surface area contributed by atoms with E-state index in [4.69, 9.17) is 4.74 Å². The van der Waals surface area contributed by atoms with Gasteiger partial charge in [-0.05, 0) is 43.3 Å². The summed E-state index contributed by atoms with van der Waals surface area (Å²) in [4.78, 5) is 16.2. The van der Waals surface area contributed by atoms with E-state index in [-0.39, 0.29) is 6.42 Å². The van der Waals surface area contributed by atoms with Crippen molar-refractivity contribution in [1.29, 1.82) is 0 Å². The Kier molecular flexibility index (Phi) is 4.61. The van der Waals surface area contributed by atoms with Crippen molar-refractivity contribution in [2.75, 3.05) is 12.4 Å². The van der Waals surface area contributed by atoms with Gasteiger partial charge in [0.05, 0.1) is 24.7 Å². The minimum Gasteiger partial charge on any atom is -0.469 e. The molecule has 0 amide bonds. The molecular formula is C19H16F2N2O2. The number of aromatic nitrogens is 1. The number of anilines is 2. The zero-order chi connectivity index (χ0) is 18.0. The number of ether oxygens (including phenoxy) is 1. The van der Waals surface area contributed by atoms with Gasteiger partial charge in [-0.3, -0.25) is 9.78 Å². The van der Waals surface area contributed by atoms with E-state index in [0.717, 1.165) is 0 Å². The van der Waals surface area contributed by atoms with Gasteiger partial charge in [-0.25, -0.2) is 8.78 Å². The molecule has 3 rings (SSSR count). The smallest absolute Gasteiger partial charge is 0.310 e. The molecule has 0 aliphatic heterocycles. The van der Waals surface area contributed by atoms with Gasteiger partial charge in [-0.2, -0.15) is 0 Å². The standard InChI is InChI=1S/C19H16F2N2O2/c1-11-15(10-18(24)25-2)19(23-14-5-3-4-12(20)8-14)16-9-13(21)6-7-17(16)22-11/h3-9H,10H2,1-2H3,(H,22,23). The number of fused-ring (bicyclic) bond motifs is 1. The van der Waals surface area contributed by atoms with Gasteiger partial charge >= 0.3 is 5.97 Å². The summed E-state index contributed by atoms with van der Waals surface area (Å²) >= 11 is 0. The van der Waals surface area contributed by atoms with Crippen LogP contribution in [0.4, 0.5) is 20.2 Å². The van der Waals surface area contributed by atoms with Gasteiger partial charge in [0.2, 0.25) is 0 Å². The Hall–Kier alpha value is -3.02. The molecule has 25 heavy (non-hydrogen) atoms. The van der Waals surface area contributed by atoms with Crippen LogP contribution in [0.3, 0.4) is 0 Å². The highest BCUT2D eigenvalue weighted by atomic mass is 19.1. The Morgan fingerprint density at radius 3 is 2.64 bits per heavy atom. The fraction of sp³-hybridized carbons (Fsp3) is 0.158. The van der Waals surface area contributed by atoms with Crippen molar-refractivity contribution >= 4 is 28.2 Å². The van der Waals surface area contributed by atoms with Crippen LogP contribution in [0.25, 0.3) is 10.9 Å². The lowest BCUT2D eigenvalue weighted by molar-refractivity contribution is -0.139. The summed E-state index contributed by atoms with van der Waals surface area (Å²) in [6.07, 6.45) is -0.0283. The predicted octanol–water partition coefficient (Wildman–Crippen LogP) is 4.28. The number of pyridine rings is 1. The fourth-order valence-corrected chi connectivity index (χ4v) is 2.68. The van der Waals surface area contributed by atoms with Crippen molar-refractivity contribution in [2.45, 2.75) is 13.3 Å². The van der Waals surface area contributed by atoms with Crippen LogP contribution in [0.5, 0.6) is 0 Å². The van der Waals surface area contributed by atoms with Crippen LogP contribution >= 0.6 is 0 Å². The summed E-state index contributed by atoms with van der Waals surface area (Å²) in [6.45, 7) is 1.76. The number of aryl methyl sites for hydroxylation is 1. The summed E-state index contributed by atoms with van der Waals surface area (Å²) in [5.41, 5.74) is 2.77. The van der Waals surface area contributed by atoms with Crippen molar-refractivity contribution in [3.63, 3.8) is 0 Å². The Morgan fingerprint density at radius 1 is 1.16 bits per heavy atom. The summed E-state index contributed by atoms with van der Waals surface area (Å²) in [5, 5.41) is 3.61. The number of carbonyl (C=O) groups is 1. The molecule has 0 fully saturated rings. The van der Waals surface area contributed by atoms with Gasteiger partial charge in [0, 0.05) is 22.3 Å². The van der Waals surface area contributed by atoms with Crippen molar-refractivity contribution in [1.82, 2.24) is 4.98 Å². The lowest BCUT2D eigenvalue weighted by Crippen LogP contribution is -2.10. The second-order valence-electron chi connectivity index (χ2n) is 5.60. The third-order valence-corrected chi connectivity index (χ3v) is 3.90. The van der Waals surface area contributed by atoms with Crippen molar-refractivity contribution in [3.05, 3.63) is 65.4 Å². The summed E-state index contributed by atoms with van der Waals surface area (Å²) < 4.78 is 32.0. The van der Waals surface area contributed by atoms with Crippen LogP contribution in [0.1, 0.15) is 11.3 Å². The van der Waals surface area contributed by atoms with E-state index >= 15 is 0 Å². The first-order valence-corrected chi connectivity index (χ1v) is 7.66. The number of hydrogen-bond acceptors (Lipinski definition) is 4. The zero-order valence-corrected chi connectivity index (χ0v) is 13.8. The molecule has 1 aromatic heterocycles. The quantitative estimate of drug-likeness (QED) is 0.719. The highest BCUT2D eigenvalue weighted by molar-refractivity contribution is 5.96. The number of hydrogen-bond donors (Lipinski definition) is 1. The van der Waals surface area contributed by atoms with Crippen molar-refractivity contribution < 1.29 is 18.3 Å². The summed E-state index contributed by atoms with van der Waals surface area (Å²) in [6, 6.07) is 10.1. The lowest BCUT2D eigenvalue weighted by atomic mass is 10.0. The van der Waals surface area contributed by atoms with E-state index in [0.29, 0.717) is 33.5 Å². The molecule has 4 nitrogen and oxygen atoms in total. The fourth-order valence-electron chi connectivity index (χ4n) is 2.68. The number of carbonyl (C=O) groups excluding carboxylic acids is 1. The van der Waals surface area contributed by atoms with Crippen LogP contribution in [0, 0.1) is 18.6 Å². The van der Waals surface area contributed by atoms with Crippen molar-refractivity contribution in [2.24, 2.45) is 0 Å². The van der Waals surface area contributed by atoms with Crippen LogP contribution in [0.15, 0.2) is 42.5 Å². The summed E-state index contributed by atoms with van der Waals surface area (Å²) in [5.74, 6) is -1.27. The molecular weight excluding hydrogens is 326 g/mol. The molecule has 1 heterocycles. The first-order chi connectivity index (χ1) is 12.0. The molecule has 0 aliphatic rings. The highest BCUT2D eigenvalue weighted by Crippen LogP contribution is 2.32. The summed E-state index contributed by atoms with van der Waals surface area (Å²) in [7, 11) is 1.30. The lowest BCUT2D eigenvalue weighted by Gasteiger charge is -2.17. The van der Waals surface area contributed by atoms with E-state index in [1.54, 1.807) is 25.1 Å². The molecule has 6 heteroatoms. The number of halogens is 2. The monoisotopic (exact) mass is 342 g/mol. The maximum atomic E-state index is 13.8. The topological polar surface area (TPSA) is 51.2 Å². The van der Waals surface area contributed by atoms with E-state index in [2.05, 4.69) is 10.3 Å². The number of rotatable bonds is 4. The minimum absolute atomic E-state index is 0.0283. The minimum atomic E-state index is -0.442. The predicted molar refractivity (Wildman–Crippen MR) is 91.8 cm³/mol. The SMILES string of the molecule is COC(=O)Cc1c(C)nc2ccc(F)cc2c1Nc1cccc(F)c1. The van der Waals surface area contributed by atoms with Gasteiger partial charge in [-0.15, -0.1) is 0 Å². The molecule has 0 spiro atoms. The van der Waals surface area contributed by atoms with Crippen molar-refractivity contribution in [3.8, 4) is 0 Å². The first-order valence-electron chi connectivity index (χ1n) is 7.66. The Balaban J connectivity index is 2.21. The Labute approximate surface area is 143 Å². The van der Waals surface area contributed by atoms with Gasteiger partial charge in [0.1, 0.15) is 11.6 Å². The van der Waals surface area contributed by atoms with Gasteiger partial charge < -0.3 is 10.1 Å². The highest BCUT2D eigenvalue weighted by Gasteiger charge is 2.17. The van der Waals surface area contributed by atoms with E-state index < -0.39 is 17.6 Å². The molecule has 0 bridgehead atoms. The third kappa shape index (κ3) is 3.57. The number of nitrogens with zero attached hydrogens (tertiary/aromatic N) is 1. The van der Waals surface area contributed by atoms with E-state index in [1.807, 2.05) is 0 Å². The second kappa shape index (κ2) is 6.84. The normalized spacial score (nSPS) is 10.7. The average molecular weight is 342 g/mol. The molecule has 0 unspecified atom stereocenters. The van der Waals surface area contributed by atoms with E-state index in [1.165, 1.54) is 31.4 Å². The molecule has 0 aliphatic carbocycles. The van der Waals surface area contributed by atoms with Gasteiger partial charge in [-0.1, -0.05) is 6.07 Å². The van der Waals surface area contributed by atoms with E-state index in [9.17, 15) is 13.6 Å². The molecule has 0 saturated heterocycles.